The number of aromatic nitrogens is 1. The lowest BCUT2D eigenvalue weighted by molar-refractivity contribution is 0.102. The summed E-state index contributed by atoms with van der Waals surface area (Å²) in [5.74, 6) is 2.34. The maximum absolute atomic E-state index is 12.6. The largest absolute Gasteiger partial charge is 0.324 e. The number of hydrogen-bond acceptors (Lipinski definition) is 3. The quantitative estimate of drug-likeness (QED) is 0.640. The topological polar surface area (TPSA) is 34.0 Å². The van der Waals surface area contributed by atoms with Crippen LogP contribution in [0.15, 0.2) is 73.1 Å². The number of nitrogens with zero attached hydrogens (tertiary/aromatic N) is 1. The minimum absolute atomic E-state index is 0.0786. The smallest absolute Gasteiger partial charge is 0.255 e. The Hall–Kier alpha value is -2.11. The number of hydrogen-bond donors (Lipinski definition) is 1. The second-order valence-electron chi connectivity index (χ2n) is 6.14. The molecule has 5 heteroatoms. The summed E-state index contributed by atoms with van der Waals surface area (Å²) in [5.41, 5.74) is 3.84. The molecule has 4 rings (SSSR count). The standard InChI is InChI=1S/C21H20N2OS2/c24-20(16-7-9-19(10-8-16)23-11-1-2-12-23)22-18-6-3-5-17(15-18)21-25-13-4-14-26-21/h1-3,5-12,15,21H,4,13-14H2,(H,22,24). The van der Waals surface area contributed by atoms with Gasteiger partial charge in [-0.1, -0.05) is 12.1 Å². The van der Waals surface area contributed by atoms with Crippen LogP contribution < -0.4 is 5.32 Å². The van der Waals surface area contributed by atoms with Crippen LogP contribution in [-0.4, -0.2) is 22.0 Å². The molecule has 3 aromatic rings. The molecule has 0 unspecified atom stereocenters. The minimum Gasteiger partial charge on any atom is -0.324 e. The summed E-state index contributed by atoms with van der Waals surface area (Å²) < 4.78 is 2.49. The van der Waals surface area contributed by atoms with Crippen molar-refractivity contribution in [3.05, 3.63) is 84.2 Å². The summed E-state index contributed by atoms with van der Waals surface area (Å²) in [5, 5.41) is 3.03. The van der Waals surface area contributed by atoms with E-state index in [1.54, 1.807) is 0 Å². The average molecular weight is 381 g/mol. The van der Waals surface area contributed by atoms with Gasteiger partial charge in [0.25, 0.3) is 5.91 Å². The van der Waals surface area contributed by atoms with Gasteiger partial charge >= 0.3 is 0 Å². The summed E-state index contributed by atoms with van der Waals surface area (Å²) in [7, 11) is 0. The van der Waals surface area contributed by atoms with Crippen molar-refractivity contribution in [3.63, 3.8) is 0 Å². The predicted molar refractivity (Wildman–Crippen MR) is 112 cm³/mol. The average Bonchev–Trinajstić information content (AvgIpc) is 3.24. The second kappa shape index (κ2) is 8.06. The molecule has 0 aliphatic carbocycles. The summed E-state index contributed by atoms with van der Waals surface area (Å²) in [4.78, 5) is 12.6. The zero-order valence-electron chi connectivity index (χ0n) is 14.3. The van der Waals surface area contributed by atoms with Gasteiger partial charge in [0.05, 0.1) is 4.58 Å². The maximum atomic E-state index is 12.6. The monoisotopic (exact) mass is 380 g/mol. The van der Waals surface area contributed by atoms with Crippen molar-refractivity contribution in [2.24, 2.45) is 0 Å². The summed E-state index contributed by atoms with van der Waals surface area (Å²) in [6.07, 6.45) is 5.25. The number of nitrogens with one attached hydrogen (secondary N) is 1. The molecule has 1 aliphatic heterocycles. The fourth-order valence-electron chi connectivity index (χ4n) is 2.94. The van der Waals surface area contributed by atoms with Crippen molar-refractivity contribution in [2.45, 2.75) is 11.0 Å². The highest BCUT2D eigenvalue weighted by atomic mass is 32.2. The highest BCUT2D eigenvalue weighted by Crippen LogP contribution is 2.44. The van der Waals surface area contributed by atoms with E-state index in [0.717, 1.165) is 11.4 Å². The molecule has 132 valence electrons. The molecule has 0 radical (unpaired) electrons. The number of benzene rings is 2. The first kappa shape index (κ1) is 17.3. The van der Waals surface area contributed by atoms with Gasteiger partial charge in [0, 0.05) is 29.3 Å². The molecule has 2 heterocycles. The Kier molecular flexibility index (Phi) is 5.37. The second-order valence-corrected chi connectivity index (χ2v) is 8.87. The van der Waals surface area contributed by atoms with Crippen molar-refractivity contribution in [2.75, 3.05) is 16.8 Å². The number of anilines is 1. The van der Waals surface area contributed by atoms with Crippen LogP contribution in [0.3, 0.4) is 0 Å². The van der Waals surface area contributed by atoms with Crippen molar-refractivity contribution >= 4 is 35.1 Å². The molecule has 1 N–H and O–H groups in total. The first-order chi connectivity index (χ1) is 12.8. The van der Waals surface area contributed by atoms with E-state index in [0.29, 0.717) is 10.1 Å². The Morgan fingerprint density at radius 1 is 0.962 bits per heavy atom. The molecule has 1 saturated heterocycles. The molecular formula is C21H20N2OS2. The third-order valence-corrected chi connectivity index (χ3v) is 7.29. The van der Waals surface area contributed by atoms with Crippen molar-refractivity contribution in [1.82, 2.24) is 4.57 Å². The van der Waals surface area contributed by atoms with Gasteiger partial charge < -0.3 is 9.88 Å². The van der Waals surface area contributed by atoms with Crippen LogP contribution in [0.1, 0.15) is 26.9 Å². The van der Waals surface area contributed by atoms with Gasteiger partial charge in [-0.05, 0) is 72.0 Å². The van der Waals surface area contributed by atoms with Gasteiger partial charge in [0.15, 0.2) is 0 Å². The molecule has 0 bridgehead atoms. The Bertz CT molecular complexity index is 869. The van der Waals surface area contributed by atoms with Gasteiger partial charge in [-0.25, -0.2) is 0 Å². The summed E-state index contributed by atoms with van der Waals surface area (Å²) >= 11 is 3.98. The van der Waals surface area contributed by atoms with Gasteiger partial charge in [-0.2, -0.15) is 0 Å². The molecule has 0 atom stereocenters. The molecule has 26 heavy (non-hydrogen) atoms. The molecule has 1 amide bonds. The fourth-order valence-corrected chi connectivity index (χ4v) is 5.81. The van der Waals surface area contributed by atoms with Crippen LogP contribution in [0.4, 0.5) is 5.69 Å². The number of carbonyl (C=O) groups is 1. The van der Waals surface area contributed by atoms with Crippen LogP contribution in [0.5, 0.6) is 0 Å². The zero-order valence-corrected chi connectivity index (χ0v) is 15.9. The Morgan fingerprint density at radius 3 is 2.42 bits per heavy atom. The van der Waals surface area contributed by atoms with Gasteiger partial charge in [0.1, 0.15) is 0 Å². The van der Waals surface area contributed by atoms with E-state index in [1.165, 1.54) is 23.5 Å². The Labute approximate surface area is 162 Å². The lowest BCUT2D eigenvalue weighted by atomic mass is 10.1. The summed E-state index contributed by atoms with van der Waals surface area (Å²) in [6, 6.07) is 19.8. The zero-order chi connectivity index (χ0) is 17.8. The number of thioether (sulfide) groups is 2. The van der Waals surface area contributed by atoms with Crippen molar-refractivity contribution in [1.29, 1.82) is 0 Å². The number of amides is 1. The molecule has 1 aromatic heterocycles. The highest BCUT2D eigenvalue weighted by Gasteiger charge is 2.17. The minimum atomic E-state index is -0.0786. The number of carbonyl (C=O) groups excluding carboxylic acids is 1. The molecule has 1 fully saturated rings. The van der Waals surface area contributed by atoms with E-state index in [1.807, 2.05) is 89.0 Å². The third-order valence-electron chi connectivity index (χ3n) is 4.28. The van der Waals surface area contributed by atoms with Crippen molar-refractivity contribution < 1.29 is 4.79 Å². The summed E-state index contributed by atoms with van der Waals surface area (Å²) in [6.45, 7) is 0. The highest BCUT2D eigenvalue weighted by molar-refractivity contribution is 8.16. The molecule has 3 nitrogen and oxygen atoms in total. The van der Waals surface area contributed by atoms with E-state index < -0.39 is 0 Å². The lowest BCUT2D eigenvalue weighted by Crippen LogP contribution is -2.12. The van der Waals surface area contributed by atoms with Gasteiger partial charge in [0.2, 0.25) is 0 Å². The van der Waals surface area contributed by atoms with E-state index in [-0.39, 0.29) is 5.91 Å². The Balaban J connectivity index is 1.46. The van der Waals surface area contributed by atoms with E-state index >= 15 is 0 Å². The van der Waals surface area contributed by atoms with Crippen LogP contribution in [0.2, 0.25) is 0 Å². The predicted octanol–water partition coefficient (Wildman–Crippen LogP) is 5.60. The van der Waals surface area contributed by atoms with Gasteiger partial charge in [-0.3, -0.25) is 4.79 Å². The SMILES string of the molecule is O=C(Nc1cccc(C2SCCCS2)c1)c1ccc(-n2cccc2)cc1. The van der Waals surface area contributed by atoms with E-state index in [2.05, 4.69) is 17.4 Å². The molecule has 0 saturated carbocycles. The molecular weight excluding hydrogens is 360 g/mol. The van der Waals surface area contributed by atoms with Crippen LogP contribution in [-0.2, 0) is 0 Å². The maximum Gasteiger partial charge on any atom is 0.255 e. The molecule has 2 aromatic carbocycles. The molecule has 1 aliphatic rings. The van der Waals surface area contributed by atoms with Crippen LogP contribution in [0, 0.1) is 0 Å². The van der Waals surface area contributed by atoms with E-state index in [9.17, 15) is 4.79 Å². The Morgan fingerprint density at radius 2 is 1.69 bits per heavy atom. The van der Waals surface area contributed by atoms with Crippen molar-refractivity contribution in [3.8, 4) is 5.69 Å². The first-order valence-corrected chi connectivity index (χ1v) is 10.8. The fraction of sp³-hybridized carbons (Fsp3) is 0.190. The number of rotatable bonds is 4. The normalized spacial score (nSPS) is 14.9. The lowest BCUT2D eigenvalue weighted by Gasteiger charge is -2.21. The molecule has 0 spiro atoms. The van der Waals surface area contributed by atoms with E-state index in [4.69, 9.17) is 0 Å². The van der Waals surface area contributed by atoms with Gasteiger partial charge in [-0.15, -0.1) is 23.5 Å². The van der Waals surface area contributed by atoms with Crippen LogP contribution >= 0.6 is 23.5 Å². The van der Waals surface area contributed by atoms with Crippen LogP contribution in [0.25, 0.3) is 5.69 Å². The third kappa shape index (κ3) is 4.00. The first-order valence-electron chi connectivity index (χ1n) is 8.67.